The van der Waals surface area contributed by atoms with Gasteiger partial charge in [-0.05, 0) is 39.0 Å². The number of nitrogens with zero attached hydrogens (tertiary/aromatic N) is 2. The van der Waals surface area contributed by atoms with E-state index in [1.54, 1.807) is 16.7 Å². The summed E-state index contributed by atoms with van der Waals surface area (Å²) in [6, 6.07) is -0.572. The van der Waals surface area contributed by atoms with E-state index in [2.05, 4.69) is 26.0 Å². The zero-order chi connectivity index (χ0) is 23.6. The summed E-state index contributed by atoms with van der Waals surface area (Å²) in [5.74, 6) is -1.71. The average molecular weight is 477 g/mol. The molecule has 0 aromatic carbocycles. The highest BCUT2D eigenvalue weighted by Gasteiger charge is 2.70. The Labute approximate surface area is 200 Å². The van der Waals surface area contributed by atoms with Crippen molar-refractivity contribution in [3.05, 3.63) is 24.3 Å². The summed E-state index contributed by atoms with van der Waals surface area (Å²) in [5.41, 5.74) is 0. The number of hydrogen-bond donors (Lipinski definition) is 1. The van der Waals surface area contributed by atoms with Crippen molar-refractivity contribution in [1.82, 2.24) is 9.80 Å². The number of cyclic esters (lactones) is 1. The molecule has 4 rings (SSSR count). The molecule has 4 heterocycles. The van der Waals surface area contributed by atoms with Crippen molar-refractivity contribution in [1.29, 1.82) is 0 Å². The SMILES string of the molecule is CCCC(C)N1CC=C[C@]23S[C@@H]4/C=C\CCCOC(=O)[C@@H]4[C@H]2C(=O)N(CCCCO)C3C1=O. The molecule has 2 saturated heterocycles. The summed E-state index contributed by atoms with van der Waals surface area (Å²) in [6.07, 6.45) is 12.9. The van der Waals surface area contributed by atoms with Crippen LogP contribution in [-0.2, 0) is 19.1 Å². The number of unbranched alkanes of at least 4 members (excludes halogenated alkanes) is 1. The Morgan fingerprint density at radius 2 is 2.06 bits per heavy atom. The van der Waals surface area contributed by atoms with Crippen molar-refractivity contribution in [2.45, 2.75) is 74.5 Å². The van der Waals surface area contributed by atoms with Crippen LogP contribution in [-0.4, -0.2) is 81.1 Å². The van der Waals surface area contributed by atoms with Crippen LogP contribution in [0.15, 0.2) is 24.3 Å². The molecule has 2 fully saturated rings. The Balaban J connectivity index is 1.76. The summed E-state index contributed by atoms with van der Waals surface area (Å²) in [6.45, 7) is 5.49. The molecule has 4 aliphatic rings. The van der Waals surface area contributed by atoms with Gasteiger partial charge in [0.05, 0.1) is 23.2 Å². The van der Waals surface area contributed by atoms with Crippen LogP contribution >= 0.6 is 11.8 Å². The lowest BCUT2D eigenvalue weighted by Crippen LogP contribution is -2.55. The molecular formula is C25H36N2O5S. The van der Waals surface area contributed by atoms with Gasteiger partial charge in [0.1, 0.15) is 6.04 Å². The Bertz CT molecular complexity index is 830. The average Bonchev–Trinajstić information content (AvgIpc) is 3.19. The molecule has 182 valence electrons. The summed E-state index contributed by atoms with van der Waals surface area (Å²) < 4.78 is 4.79. The van der Waals surface area contributed by atoms with E-state index in [1.807, 2.05) is 17.1 Å². The fourth-order valence-electron chi connectivity index (χ4n) is 5.87. The third kappa shape index (κ3) is 4.25. The number of likely N-dealkylation sites (tertiary alicyclic amines) is 1. The number of aliphatic hydroxyl groups is 1. The van der Waals surface area contributed by atoms with E-state index in [0.29, 0.717) is 32.5 Å². The van der Waals surface area contributed by atoms with Gasteiger partial charge in [0.15, 0.2) is 0 Å². The quantitative estimate of drug-likeness (QED) is 0.345. The van der Waals surface area contributed by atoms with E-state index in [4.69, 9.17) is 4.74 Å². The third-order valence-corrected chi connectivity index (χ3v) is 9.17. The molecular weight excluding hydrogens is 440 g/mol. The first-order valence-electron chi connectivity index (χ1n) is 12.4. The second-order valence-electron chi connectivity index (χ2n) is 9.57. The molecule has 0 bridgehead atoms. The standard InChI is InChI=1S/C25H36N2O5S/c1-3-10-17(2)26-14-9-12-25-20(19-18(33-25)11-5-4-8-16-32-24(19)31)22(29)27(13-6-7-15-28)21(25)23(26)30/h5,9,11-12,17-21,28H,3-4,6-8,10,13-16H2,1-2H3/b11-5-/t17?,18-,19+,20+,21?,25+/m1/s1. The molecule has 6 atom stereocenters. The van der Waals surface area contributed by atoms with Crippen molar-refractivity contribution in [3.8, 4) is 0 Å². The minimum atomic E-state index is -0.786. The van der Waals surface area contributed by atoms with Crippen molar-refractivity contribution < 1.29 is 24.2 Å². The van der Waals surface area contributed by atoms with Gasteiger partial charge in [0.25, 0.3) is 0 Å². The molecule has 1 spiro atoms. The lowest BCUT2D eigenvalue weighted by atomic mass is 9.78. The van der Waals surface area contributed by atoms with E-state index in [0.717, 1.165) is 25.7 Å². The van der Waals surface area contributed by atoms with Crippen molar-refractivity contribution in [2.24, 2.45) is 11.8 Å². The molecule has 0 radical (unpaired) electrons. The largest absolute Gasteiger partial charge is 0.465 e. The van der Waals surface area contributed by atoms with E-state index < -0.39 is 22.6 Å². The first-order valence-corrected chi connectivity index (χ1v) is 13.2. The zero-order valence-electron chi connectivity index (χ0n) is 19.7. The maximum Gasteiger partial charge on any atom is 0.311 e. The number of fused-ring (bicyclic) bond motifs is 2. The van der Waals surface area contributed by atoms with Gasteiger partial charge in [-0.1, -0.05) is 37.6 Å². The Hall–Kier alpha value is -1.80. The van der Waals surface area contributed by atoms with Crippen LogP contribution < -0.4 is 0 Å². The number of carbonyl (C=O) groups excluding carboxylic acids is 3. The summed E-state index contributed by atoms with van der Waals surface area (Å²) in [7, 11) is 0. The predicted octanol–water partition coefficient (Wildman–Crippen LogP) is 2.54. The number of allylic oxidation sites excluding steroid dienone is 1. The third-order valence-electron chi connectivity index (χ3n) is 7.43. The van der Waals surface area contributed by atoms with Crippen LogP contribution in [0.4, 0.5) is 0 Å². The second kappa shape index (κ2) is 10.2. The number of aliphatic hydroxyl groups excluding tert-OH is 1. The number of hydrogen-bond acceptors (Lipinski definition) is 6. The van der Waals surface area contributed by atoms with Gasteiger partial charge in [0, 0.05) is 31.0 Å². The number of thioether (sulfide) groups is 1. The minimum Gasteiger partial charge on any atom is -0.465 e. The van der Waals surface area contributed by atoms with Crippen LogP contribution in [0.3, 0.4) is 0 Å². The molecule has 0 aromatic heterocycles. The van der Waals surface area contributed by atoms with Crippen LogP contribution in [0.2, 0.25) is 0 Å². The second-order valence-corrected chi connectivity index (χ2v) is 11.1. The molecule has 2 unspecified atom stereocenters. The number of carbonyl (C=O) groups is 3. The van der Waals surface area contributed by atoms with E-state index in [9.17, 15) is 19.5 Å². The van der Waals surface area contributed by atoms with Gasteiger partial charge in [-0.2, -0.15) is 0 Å². The van der Waals surface area contributed by atoms with Crippen molar-refractivity contribution in [3.63, 3.8) is 0 Å². The lowest BCUT2D eigenvalue weighted by Gasteiger charge is -2.37. The number of amides is 2. The smallest absolute Gasteiger partial charge is 0.311 e. The monoisotopic (exact) mass is 476 g/mol. The van der Waals surface area contributed by atoms with Crippen molar-refractivity contribution >= 4 is 29.5 Å². The molecule has 7 nitrogen and oxygen atoms in total. The highest BCUT2D eigenvalue weighted by Crippen LogP contribution is 2.60. The van der Waals surface area contributed by atoms with Gasteiger partial charge in [-0.3, -0.25) is 14.4 Å². The lowest BCUT2D eigenvalue weighted by molar-refractivity contribution is -0.153. The van der Waals surface area contributed by atoms with Gasteiger partial charge in [-0.25, -0.2) is 0 Å². The first-order chi connectivity index (χ1) is 16.0. The molecule has 0 saturated carbocycles. The molecule has 4 aliphatic heterocycles. The maximum atomic E-state index is 14.0. The molecule has 8 heteroatoms. The van der Waals surface area contributed by atoms with Crippen LogP contribution in [0, 0.1) is 11.8 Å². The van der Waals surface area contributed by atoms with Gasteiger partial charge in [0.2, 0.25) is 11.8 Å². The van der Waals surface area contributed by atoms with Gasteiger partial charge in [-0.15, -0.1) is 11.8 Å². The number of ether oxygens (including phenoxy) is 1. The van der Waals surface area contributed by atoms with E-state index >= 15 is 0 Å². The highest BCUT2D eigenvalue weighted by molar-refractivity contribution is 8.02. The fraction of sp³-hybridized carbons (Fsp3) is 0.720. The Kier molecular flexibility index (Phi) is 7.53. The molecule has 33 heavy (non-hydrogen) atoms. The highest BCUT2D eigenvalue weighted by atomic mass is 32.2. The Morgan fingerprint density at radius 3 is 2.82 bits per heavy atom. The number of esters is 1. The van der Waals surface area contributed by atoms with E-state index in [1.165, 1.54) is 0 Å². The zero-order valence-corrected chi connectivity index (χ0v) is 20.5. The molecule has 0 aromatic rings. The van der Waals surface area contributed by atoms with Crippen LogP contribution in [0.1, 0.15) is 52.4 Å². The molecule has 0 aliphatic carbocycles. The van der Waals surface area contributed by atoms with Crippen LogP contribution in [0.5, 0.6) is 0 Å². The predicted molar refractivity (Wildman–Crippen MR) is 127 cm³/mol. The maximum absolute atomic E-state index is 14.0. The van der Waals surface area contributed by atoms with Crippen LogP contribution in [0.25, 0.3) is 0 Å². The normalized spacial score (nSPS) is 35.7. The molecule has 2 amide bonds. The van der Waals surface area contributed by atoms with Crippen molar-refractivity contribution in [2.75, 3.05) is 26.3 Å². The topological polar surface area (TPSA) is 87.2 Å². The van der Waals surface area contributed by atoms with Gasteiger partial charge >= 0.3 is 5.97 Å². The van der Waals surface area contributed by atoms with Gasteiger partial charge < -0.3 is 19.6 Å². The summed E-state index contributed by atoms with van der Waals surface area (Å²) in [5, 5.41) is 9.09. The van der Waals surface area contributed by atoms with E-state index in [-0.39, 0.29) is 35.7 Å². The minimum absolute atomic E-state index is 0.0304. The fourth-order valence-corrected chi connectivity index (χ4v) is 7.88. The molecule has 1 N–H and O–H groups in total. The number of rotatable bonds is 7. The summed E-state index contributed by atoms with van der Waals surface area (Å²) in [4.78, 5) is 44.7. The Morgan fingerprint density at radius 1 is 1.24 bits per heavy atom. The summed E-state index contributed by atoms with van der Waals surface area (Å²) >= 11 is 1.59. The first kappa shape index (κ1) is 24.3.